The smallest absolute Gasteiger partial charge is 0.264 e. The van der Waals surface area contributed by atoms with Gasteiger partial charge < -0.3 is 25.6 Å². The van der Waals surface area contributed by atoms with Crippen molar-refractivity contribution in [1.29, 1.82) is 0 Å². The Morgan fingerprint density at radius 3 is 2.68 bits per heavy atom. The highest BCUT2D eigenvalue weighted by atomic mass is 32.1. The molecule has 10 heteroatoms. The molecule has 3 heterocycles. The molecule has 2 aliphatic heterocycles. The first-order valence-corrected chi connectivity index (χ1v) is 12.4. The SMILES string of the molecule is NCCNC(=O)C1CC(N(CC2CCCO2)C(=O)c2cccs2)CN1C(=O)c1ccc(F)cc1. The number of nitrogens with zero attached hydrogens (tertiary/aromatic N) is 2. The highest BCUT2D eigenvalue weighted by Gasteiger charge is 2.44. The number of hydrogen-bond donors (Lipinski definition) is 2. The molecular weight excluding hydrogens is 459 g/mol. The third-order valence-electron chi connectivity index (χ3n) is 6.24. The van der Waals surface area contributed by atoms with Crippen molar-refractivity contribution >= 4 is 29.1 Å². The average molecular weight is 489 g/mol. The highest BCUT2D eigenvalue weighted by molar-refractivity contribution is 7.12. The van der Waals surface area contributed by atoms with Gasteiger partial charge in [0, 0.05) is 38.3 Å². The van der Waals surface area contributed by atoms with E-state index in [0.717, 1.165) is 12.8 Å². The molecule has 0 bridgehead atoms. The van der Waals surface area contributed by atoms with E-state index >= 15 is 0 Å². The summed E-state index contributed by atoms with van der Waals surface area (Å²) in [5.41, 5.74) is 5.83. The Balaban J connectivity index is 1.60. The largest absolute Gasteiger partial charge is 0.376 e. The van der Waals surface area contributed by atoms with Crippen LogP contribution >= 0.6 is 11.3 Å². The molecule has 2 fully saturated rings. The van der Waals surface area contributed by atoms with Gasteiger partial charge in [0.05, 0.1) is 17.0 Å². The molecular formula is C24H29FN4O4S. The van der Waals surface area contributed by atoms with Gasteiger partial charge in [-0.2, -0.15) is 0 Å². The lowest BCUT2D eigenvalue weighted by molar-refractivity contribution is -0.124. The van der Waals surface area contributed by atoms with Crippen LogP contribution in [0.4, 0.5) is 4.39 Å². The maximum absolute atomic E-state index is 13.4. The first-order chi connectivity index (χ1) is 16.5. The zero-order valence-corrected chi connectivity index (χ0v) is 19.6. The summed E-state index contributed by atoms with van der Waals surface area (Å²) < 4.78 is 19.2. The summed E-state index contributed by atoms with van der Waals surface area (Å²) in [5, 5.41) is 4.61. The number of amides is 3. The van der Waals surface area contributed by atoms with Gasteiger partial charge in [0.2, 0.25) is 5.91 Å². The molecule has 4 rings (SSSR count). The molecule has 182 valence electrons. The second-order valence-electron chi connectivity index (χ2n) is 8.52. The van der Waals surface area contributed by atoms with E-state index < -0.39 is 11.9 Å². The normalized spacial score (nSPS) is 22.1. The Kier molecular flexibility index (Phi) is 7.91. The molecule has 0 spiro atoms. The summed E-state index contributed by atoms with van der Waals surface area (Å²) in [6.45, 7) is 1.82. The highest BCUT2D eigenvalue weighted by Crippen LogP contribution is 2.28. The number of carbonyl (C=O) groups is 3. The quantitative estimate of drug-likeness (QED) is 0.590. The Morgan fingerprint density at radius 2 is 2.03 bits per heavy atom. The zero-order valence-electron chi connectivity index (χ0n) is 18.8. The molecule has 3 unspecified atom stereocenters. The molecule has 2 aliphatic rings. The van der Waals surface area contributed by atoms with Crippen molar-refractivity contribution in [3.63, 3.8) is 0 Å². The number of carbonyl (C=O) groups excluding carboxylic acids is 3. The van der Waals surface area contributed by atoms with E-state index in [2.05, 4.69) is 5.32 Å². The fraction of sp³-hybridized carbons (Fsp3) is 0.458. The van der Waals surface area contributed by atoms with Gasteiger partial charge in [-0.05, 0) is 55.0 Å². The van der Waals surface area contributed by atoms with Crippen LogP contribution in [-0.4, -0.2) is 78.5 Å². The number of thiophene rings is 1. The van der Waals surface area contributed by atoms with Crippen LogP contribution in [0.25, 0.3) is 0 Å². The van der Waals surface area contributed by atoms with Crippen LogP contribution < -0.4 is 11.1 Å². The van der Waals surface area contributed by atoms with Gasteiger partial charge >= 0.3 is 0 Å². The Labute approximate surface area is 201 Å². The Bertz CT molecular complexity index is 995. The molecule has 34 heavy (non-hydrogen) atoms. The lowest BCUT2D eigenvalue weighted by atomic mass is 10.1. The second kappa shape index (κ2) is 11.1. The number of ether oxygens (including phenoxy) is 1. The summed E-state index contributed by atoms with van der Waals surface area (Å²) in [4.78, 5) is 43.6. The molecule has 0 aliphatic carbocycles. The molecule has 1 aromatic heterocycles. The number of benzene rings is 1. The standard InChI is InChI=1S/C24H29FN4O4S/c25-17-7-5-16(6-8-17)23(31)29-14-18(13-20(29)22(30)27-10-9-26)28(15-19-3-1-11-33-19)24(32)21-4-2-12-34-21/h2,4-8,12,18-20H,1,3,9-11,13-15,26H2,(H,27,30). The maximum atomic E-state index is 13.4. The van der Waals surface area contributed by atoms with E-state index in [1.807, 2.05) is 11.4 Å². The summed E-state index contributed by atoms with van der Waals surface area (Å²) in [7, 11) is 0. The number of halogens is 1. The Hall–Kier alpha value is -2.82. The van der Waals surface area contributed by atoms with E-state index in [9.17, 15) is 18.8 Å². The molecule has 3 atom stereocenters. The molecule has 0 radical (unpaired) electrons. The van der Waals surface area contributed by atoms with Crippen molar-refractivity contribution in [3.8, 4) is 0 Å². The molecule has 3 amide bonds. The third kappa shape index (κ3) is 5.45. The number of likely N-dealkylation sites (tertiary alicyclic amines) is 1. The minimum absolute atomic E-state index is 0.0738. The van der Waals surface area contributed by atoms with Crippen LogP contribution in [0.15, 0.2) is 41.8 Å². The molecule has 0 saturated carbocycles. The second-order valence-corrected chi connectivity index (χ2v) is 9.47. The van der Waals surface area contributed by atoms with Gasteiger partial charge in [0.15, 0.2) is 0 Å². The van der Waals surface area contributed by atoms with E-state index in [-0.39, 0.29) is 55.1 Å². The zero-order chi connectivity index (χ0) is 24.1. The lowest BCUT2D eigenvalue weighted by Gasteiger charge is -2.30. The molecule has 1 aromatic carbocycles. The van der Waals surface area contributed by atoms with Gasteiger partial charge in [-0.3, -0.25) is 14.4 Å². The number of nitrogens with two attached hydrogens (primary N) is 1. The van der Waals surface area contributed by atoms with E-state index in [4.69, 9.17) is 10.5 Å². The topological polar surface area (TPSA) is 105 Å². The fourth-order valence-corrected chi connectivity index (χ4v) is 5.21. The van der Waals surface area contributed by atoms with Crippen LogP contribution in [0, 0.1) is 5.82 Å². The molecule has 8 nitrogen and oxygen atoms in total. The van der Waals surface area contributed by atoms with Crippen LogP contribution in [0.5, 0.6) is 0 Å². The minimum Gasteiger partial charge on any atom is -0.376 e. The molecule has 2 aromatic rings. The summed E-state index contributed by atoms with van der Waals surface area (Å²) in [6, 6.07) is 7.71. The summed E-state index contributed by atoms with van der Waals surface area (Å²) >= 11 is 1.36. The van der Waals surface area contributed by atoms with E-state index in [1.54, 1.807) is 11.0 Å². The molecule has 2 saturated heterocycles. The van der Waals surface area contributed by atoms with Crippen molar-refractivity contribution in [1.82, 2.24) is 15.1 Å². The number of hydrogen-bond acceptors (Lipinski definition) is 6. The summed E-state index contributed by atoms with van der Waals surface area (Å²) in [5.74, 6) is -1.27. The minimum atomic E-state index is -0.766. The number of nitrogens with one attached hydrogen (secondary N) is 1. The van der Waals surface area contributed by atoms with Crippen LogP contribution in [0.1, 0.15) is 39.3 Å². The third-order valence-corrected chi connectivity index (χ3v) is 7.09. The van der Waals surface area contributed by atoms with Crippen LogP contribution in [0.2, 0.25) is 0 Å². The predicted octanol–water partition coefficient (Wildman–Crippen LogP) is 1.87. The van der Waals surface area contributed by atoms with Crippen molar-refractivity contribution < 1.29 is 23.5 Å². The fourth-order valence-electron chi connectivity index (χ4n) is 4.53. The van der Waals surface area contributed by atoms with Gasteiger partial charge in [-0.15, -0.1) is 11.3 Å². The van der Waals surface area contributed by atoms with Crippen molar-refractivity contribution in [2.24, 2.45) is 5.73 Å². The Morgan fingerprint density at radius 1 is 1.24 bits per heavy atom. The van der Waals surface area contributed by atoms with Gasteiger partial charge in [0.25, 0.3) is 11.8 Å². The van der Waals surface area contributed by atoms with Crippen LogP contribution in [-0.2, 0) is 9.53 Å². The summed E-state index contributed by atoms with van der Waals surface area (Å²) in [6.07, 6.45) is 2.03. The van der Waals surface area contributed by atoms with Gasteiger partial charge in [0.1, 0.15) is 11.9 Å². The predicted molar refractivity (Wildman–Crippen MR) is 126 cm³/mol. The maximum Gasteiger partial charge on any atom is 0.264 e. The number of rotatable bonds is 8. The van der Waals surface area contributed by atoms with Crippen LogP contribution in [0.3, 0.4) is 0 Å². The van der Waals surface area contributed by atoms with Crippen molar-refractivity contribution in [3.05, 3.63) is 58.0 Å². The van der Waals surface area contributed by atoms with E-state index in [0.29, 0.717) is 24.4 Å². The molecule has 3 N–H and O–H groups in total. The van der Waals surface area contributed by atoms with Gasteiger partial charge in [-0.25, -0.2) is 4.39 Å². The van der Waals surface area contributed by atoms with Crippen molar-refractivity contribution in [2.45, 2.75) is 37.5 Å². The van der Waals surface area contributed by atoms with Gasteiger partial charge in [-0.1, -0.05) is 6.07 Å². The van der Waals surface area contributed by atoms with Crippen molar-refractivity contribution in [2.75, 3.05) is 32.8 Å². The monoisotopic (exact) mass is 488 g/mol. The average Bonchev–Trinajstić information content (AvgIpc) is 3.62. The lowest BCUT2D eigenvalue weighted by Crippen LogP contribution is -2.47. The first-order valence-electron chi connectivity index (χ1n) is 11.5. The first kappa shape index (κ1) is 24.3. The van der Waals surface area contributed by atoms with E-state index in [1.165, 1.54) is 40.5 Å².